The number of rotatable bonds is 6. The molecule has 3 rings (SSSR count). The Kier molecular flexibility index (Phi) is 6.57. The van der Waals surface area contributed by atoms with E-state index in [0.717, 1.165) is 30.5 Å². The molecule has 0 aliphatic heterocycles. The maximum absolute atomic E-state index is 13.0. The topological polar surface area (TPSA) is 75.3 Å². The van der Waals surface area contributed by atoms with Crippen LogP contribution in [0.15, 0.2) is 53.4 Å². The Morgan fingerprint density at radius 2 is 1.69 bits per heavy atom. The Hall–Kier alpha value is -2.41. The summed E-state index contributed by atoms with van der Waals surface area (Å²) in [5, 5.41) is 3.15. The van der Waals surface area contributed by atoms with Crippen LogP contribution in [0.25, 0.3) is 0 Å². The maximum atomic E-state index is 13.0. The van der Waals surface area contributed by atoms with Crippen LogP contribution in [0.5, 0.6) is 0 Å². The van der Waals surface area contributed by atoms with Crippen molar-refractivity contribution in [3.63, 3.8) is 0 Å². The van der Waals surface area contributed by atoms with Crippen molar-refractivity contribution in [2.24, 2.45) is 11.8 Å². The largest absolute Gasteiger partial charge is 0.353 e. The Labute approximate surface area is 171 Å². The molecule has 1 amide bonds. The van der Waals surface area contributed by atoms with Crippen molar-refractivity contribution in [3.05, 3.63) is 59.9 Å². The van der Waals surface area contributed by atoms with Gasteiger partial charge in [-0.15, -0.1) is 0 Å². The minimum Gasteiger partial charge on any atom is -0.353 e. The highest BCUT2D eigenvalue weighted by atomic mass is 32.2. The van der Waals surface area contributed by atoms with Crippen LogP contribution in [0, 0.1) is 17.7 Å². The standard InChI is InChI=1S/C22H27FN2O3S/c1-15-4-3-5-21(16(15)2)24-22(26)14-17-6-10-19(11-7-17)25-29(27,28)20-12-8-18(23)9-13-20/h6-13,15-16,21,25H,3-5,14H2,1-2H3,(H,24,26). The fourth-order valence-electron chi connectivity index (χ4n) is 3.75. The zero-order chi connectivity index (χ0) is 21.0. The monoisotopic (exact) mass is 418 g/mol. The molecule has 1 aliphatic carbocycles. The Morgan fingerprint density at radius 1 is 1.03 bits per heavy atom. The zero-order valence-electron chi connectivity index (χ0n) is 16.7. The van der Waals surface area contributed by atoms with E-state index in [4.69, 9.17) is 0 Å². The highest BCUT2D eigenvalue weighted by molar-refractivity contribution is 7.92. The van der Waals surface area contributed by atoms with Gasteiger partial charge in [0.25, 0.3) is 10.0 Å². The molecule has 0 saturated heterocycles. The number of anilines is 1. The van der Waals surface area contributed by atoms with Gasteiger partial charge in [-0.2, -0.15) is 0 Å². The van der Waals surface area contributed by atoms with E-state index in [1.54, 1.807) is 24.3 Å². The van der Waals surface area contributed by atoms with E-state index in [9.17, 15) is 17.6 Å². The molecule has 0 radical (unpaired) electrons. The third-order valence-corrected chi connectivity index (χ3v) is 7.15. The van der Waals surface area contributed by atoms with Gasteiger partial charge in [0, 0.05) is 11.7 Å². The van der Waals surface area contributed by atoms with Crippen LogP contribution in [0.2, 0.25) is 0 Å². The van der Waals surface area contributed by atoms with E-state index in [-0.39, 0.29) is 23.3 Å². The number of halogens is 1. The molecule has 1 aliphatic rings. The van der Waals surface area contributed by atoms with Gasteiger partial charge >= 0.3 is 0 Å². The number of carbonyl (C=O) groups excluding carboxylic acids is 1. The average molecular weight is 419 g/mol. The van der Waals surface area contributed by atoms with E-state index in [0.29, 0.717) is 17.5 Å². The second kappa shape index (κ2) is 8.95. The molecule has 5 nitrogen and oxygen atoms in total. The number of hydrogen-bond donors (Lipinski definition) is 2. The number of hydrogen-bond acceptors (Lipinski definition) is 3. The highest BCUT2D eigenvalue weighted by Crippen LogP contribution is 2.29. The molecule has 1 fully saturated rings. The number of nitrogens with one attached hydrogen (secondary N) is 2. The van der Waals surface area contributed by atoms with Crippen molar-refractivity contribution >= 4 is 21.6 Å². The molecule has 7 heteroatoms. The van der Waals surface area contributed by atoms with Crippen LogP contribution in [0.1, 0.15) is 38.7 Å². The summed E-state index contributed by atoms with van der Waals surface area (Å²) in [6.07, 6.45) is 3.62. The number of sulfonamides is 1. The molecule has 0 spiro atoms. The third-order valence-electron chi connectivity index (χ3n) is 5.75. The summed E-state index contributed by atoms with van der Waals surface area (Å²) < 4.78 is 40.2. The van der Waals surface area contributed by atoms with Crippen LogP contribution >= 0.6 is 0 Å². The Morgan fingerprint density at radius 3 is 2.34 bits per heavy atom. The van der Waals surface area contributed by atoms with E-state index in [2.05, 4.69) is 23.9 Å². The van der Waals surface area contributed by atoms with Gasteiger partial charge in [-0.1, -0.05) is 38.8 Å². The average Bonchev–Trinajstić information content (AvgIpc) is 2.67. The van der Waals surface area contributed by atoms with Gasteiger partial charge in [-0.05, 0) is 60.2 Å². The Balaban J connectivity index is 1.58. The Bertz CT molecular complexity index is 943. The van der Waals surface area contributed by atoms with Gasteiger partial charge < -0.3 is 5.32 Å². The van der Waals surface area contributed by atoms with Crippen molar-refractivity contribution in [2.75, 3.05) is 4.72 Å². The minimum absolute atomic E-state index is 0.0156. The molecular formula is C22H27FN2O3S. The fraction of sp³-hybridized carbons (Fsp3) is 0.409. The molecule has 2 aromatic carbocycles. The van der Waals surface area contributed by atoms with Gasteiger partial charge in [0.15, 0.2) is 0 Å². The molecule has 3 atom stereocenters. The normalized spacial score (nSPS) is 22.1. The van der Waals surface area contributed by atoms with Crippen LogP contribution < -0.4 is 10.0 Å². The zero-order valence-corrected chi connectivity index (χ0v) is 17.5. The van der Waals surface area contributed by atoms with E-state index in [1.165, 1.54) is 18.6 Å². The lowest BCUT2D eigenvalue weighted by atomic mass is 9.78. The van der Waals surface area contributed by atoms with Crippen molar-refractivity contribution in [3.8, 4) is 0 Å². The second-order valence-corrected chi connectivity index (χ2v) is 9.56. The molecule has 0 heterocycles. The SMILES string of the molecule is CC1CCCC(NC(=O)Cc2ccc(NS(=O)(=O)c3ccc(F)cc3)cc2)C1C. The van der Waals surface area contributed by atoms with Gasteiger partial charge in [0.05, 0.1) is 11.3 Å². The lowest BCUT2D eigenvalue weighted by Crippen LogP contribution is -2.44. The van der Waals surface area contributed by atoms with Crippen LogP contribution in [0.4, 0.5) is 10.1 Å². The van der Waals surface area contributed by atoms with Gasteiger partial charge in [0.2, 0.25) is 5.91 Å². The molecular weight excluding hydrogens is 391 g/mol. The third kappa shape index (κ3) is 5.56. The van der Waals surface area contributed by atoms with Crippen LogP contribution in [-0.4, -0.2) is 20.4 Å². The summed E-state index contributed by atoms with van der Waals surface area (Å²) in [4.78, 5) is 12.4. The number of amides is 1. The number of carbonyl (C=O) groups is 1. The number of benzene rings is 2. The molecule has 1 saturated carbocycles. The van der Waals surface area contributed by atoms with Crippen LogP contribution in [0.3, 0.4) is 0 Å². The first-order valence-corrected chi connectivity index (χ1v) is 11.4. The quantitative estimate of drug-likeness (QED) is 0.741. The molecule has 2 N–H and O–H groups in total. The first-order valence-electron chi connectivity index (χ1n) is 9.91. The van der Waals surface area contributed by atoms with E-state index < -0.39 is 15.8 Å². The van der Waals surface area contributed by atoms with Gasteiger partial charge in [0.1, 0.15) is 5.82 Å². The molecule has 29 heavy (non-hydrogen) atoms. The molecule has 0 bridgehead atoms. The second-order valence-electron chi connectivity index (χ2n) is 7.87. The molecule has 0 aromatic heterocycles. The van der Waals surface area contributed by atoms with Crippen LogP contribution in [-0.2, 0) is 21.2 Å². The predicted octanol–water partition coefficient (Wildman–Crippen LogP) is 4.11. The van der Waals surface area contributed by atoms with E-state index in [1.807, 2.05) is 0 Å². The van der Waals surface area contributed by atoms with Gasteiger partial charge in [-0.3, -0.25) is 9.52 Å². The summed E-state index contributed by atoms with van der Waals surface area (Å²) >= 11 is 0. The summed E-state index contributed by atoms with van der Waals surface area (Å²) in [7, 11) is -3.79. The van der Waals surface area contributed by atoms with E-state index >= 15 is 0 Å². The first kappa shape index (κ1) is 21.3. The van der Waals surface area contributed by atoms with Crippen molar-refractivity contribution < 1.29 is 17.6 Å². The van der Waals surface area contributed by atoms with Gasteiger partial charge in [-0.25, -0.2) is 12.8 Å². The van der Waals surface area contributed by atoms with Crippen molar-refractivity contribution in [1.82, 2.24) is 5.32 Å². The highest BCUT2D eigenvalue weighted by Gasteiger charge is 2.28. The maximum Gasteiger partial charge on any atom is 0.261 e. The molecule has 156 valence electrons. The minimum atomic E-state index is -3.79. The lowest BCUT2D eigenvalue weighted by molar-refractivity contribution is -0.121. The fourth-order valence-corrected chi connectivity index (χ4v) is 4.81. The summed E-state index contributed by atoms with van der Waals surface area (Å²) in [6, 6.07) is 11.5. The molecule has 3 unspecified atom stereocenters. The summed E-state index contributed by atoms with van der Waals surface area (Å²) in [6.45, 7) is 4.42. The predicted molar refractivity (Wildman–Crippen MR) is 111 cm³/mol. The summed E-state index contributed by atoms with van der Waals surface area (Å²) in [5.41, 5.74) is 1.19. The van der Waals surface area contributed by atoms with Crippen molar-refractivity contribution in [2.45, 2.75) is 50.5 Å². The summed E-state index contributed by atoms with van der Waals surface area (Å²) in [5.74, 6) is 0.567. The first-order chi connectivity index (χ1) is 13.7. The van der Waals surface area contributed by atoms with Crippen molar-refractivity contribution in [1.29, 1.82) is 0 Å². The smallest absolute Gasteiger partial charge is 0.261 e. The molecule has 2 aromatic rings. The lowest BCUT2D eigenvalue weighted by Gasteiger charge is -2.34.